The van der Waals surface area contributed by atoms with E-state index in [1.54, 1.807) is 6.20 Å². The van der Waals surface area contributed by atoms with Crippen LogP contribution in [0.2, 0.25) is 10.0 Å². The molecule has 0 bridgehead atoms. The number of hydrogen-bond acceptors (Lipinski definition) is 5. The highest BCUT2D eigenvalue weighted by atomic mass is 35.5. The summed E-state index contributed by atoms with van der Waals surface area (Å²) in [5.41, 5.74) is 6.08. The number of halogens is 2. The third-order valence-electron chi connectivity index (χ3n) is 8.57. The van der Waals surface area contributed by atoms with Crippen LogP contribution in [0.25, 0.3) is 22.0 Å². The number of carbonyl (C=O) groups excluding carboxylic acids is 1. The predicted octanol–water partition coefficient (Wildman–Crippen LogP) is 6.12. The van der Waals surface area contributed by atoms with E-state index in [1.807, 2.05) is 18.2 Å². The average Bonchev–Trinajstić information content (AvgIpc) is 3.72. The number of nitrogens with one attached hydrogen (secondary N) is 2. The molecular formula is C33H38Cl2N6O. The molecule has 9 heteroatoms. The van der Waals surface area contributed by atoms with Crippen molar-refractivity contribution in [3.05, 3.63) is 82.0 Å². The van der Waals surface area contributed by atoms with Crippen molar-refractivity contribution in [2.24, 2.45) is 0 Å². The zero-order valence-corrected chi connectivity index (χ0v) is 25.4. The second kappa shape index (κ2) is 13.5. The Bertz CT molecular complexity index is 1520. The lowest BCUT2D eigenvalue weighted by Crippen LogP contribution is -2.47. The van der Waals surface area contributed by atoms with Gasteiger partial charge in [0, 0.05) is 55.9 Å². The van der Waals surface area contributed by atoms with E-state index < -0.39 is 0 Å². The molecule has 1 amide bonds. The number of H-pyrrole nitrogens is 1. The van der Waals surface area contributed by atoms with Gasteiger partial charge in [0.25, 0.3) is 5.91 Å². The first-order valence-electron chi connectivity index (χ1n) is 15.0. The minimum absolute atomic E-state index is 0.0438. The van der Waals surface area contributed by atoms with Crippen LogP contribution in [0.5, 0.6) is 0 Å². The summed E-state index contributed by atoms with van der Waals surface area (Å²) in [5, 5.41) is 12.6. The minimum Gasteiger partial charge on any atom is -0.368 e. The molecule has 3 heterocycles. The highest BCUT2D eigenvalue weighted by molar-refractivity contribution is 6.42. The molecule has 0 aliphatic carbocycles. The normalized spacial score (nSPS) is 16.4. The Kier molecular flexibility index (Phi) is 9.30. The Morgan fingerprint density at radius 2 is 1.67 bits per heavy atom. The molecule has 2 aliphatic heterocycles. The van der Waals surface area contributed by atoms with Crippen molar-refractivity contribution >= 4 is 45.7 Å². The Balaban J connectivity index is 1.13. The van der Waals surface area contributed by atoms with E-state index >= 15 is 0 Å². The molecule has 0 saturated carbocycles. The van der Waals surface area contributed by atoms with E-state index in [2.05, 4.69) is 66.6 Å². The van der Waals surface area contributed by atoms with Gasteiger partial charge >= 0.3 is 0 Å². The number of aromatic amines is 1. The standard InChI is InChI=1S/C33H38Cl2N6O/c34-29-9-8-24(20-30(29)35)10-15-40-16-18-41(19-17-40)32-7-2-1-6-26(32)25-21-27(28-23-37-38-31(28)22-25)33(42)36-11-5-14-39-12-3-4-13-39/h1-2,6-9,20-23H,3-5,10-19H2,(H,36,42)(H,37,38). The molecule has 0 atom stereocenters. The second-order valence-corrected chi connectivity index (χ2v) is 12.2. The van der Waals surface area contributed by atoms with Crippen molar-refractivity contribution < 1.29 is 4.79 Å². The third-order valence-corrected chi connectivity index (χ3v) is 9.31. The summed E-state index contributed by atoms with van der Waals surface area (Å²) in [6.07, 6.45) is 6.23. The predicted molar refractivity (Wildman–Crippen MR) is 173 cm³/mol. The lowest BCUT2D eigenvalue weighted by atomic mass is 9.97. The maximum Gasteiger partial charge on any atom is 0.252 e. The van der Waals surface area contributed by atoms with Crippen molar-refractivity contribution in [2.75, 3.05) is 63.8 Å². The molecule has 1 aromatic heterocycles. The number of fused-ring (bicyclic) bond motifs is 1. The molecular weight excluding hydrogens is 567 g/mol. The molecule has 42 heavy (non-hydrogen) atoms. The first kappa shape index (κ1) is 29.0. The van der Waals surface area contributed by atoms with E-state index in [0.29, 0.717) is 22.2 Å². The molecule has 3 aromatic carbocycles. The maximum absolute atomic E-state index is 13.4. The number of para-hydroxylation sites is 1. The van der Waals surface area contributed by atoms with Crippen LogP contribution in [-0.4, -0.2) is 84.8 Å². The highest BCUT2D eigenvalue weighted by Gasteiger charge is 2.21. The largest absolute Gasteiger partial charge is 0.368 e. The summed E-state index contributed by atoms with van der Waals surface area (Å²) >= 11 is 12.3. The number of rotatable bonds is 10. The number of carbonyl (C=O) groups is 1. The summed E-state index contributed by atoms with van der Waals surface area (Å²) in [6.45, 7) is 8.91. The molecule has 0 spiro atoms. The highest BCUT2D eigenvalue weighted by Crippen LogP contribution is 2.34. The second-order valence-electron chi connectivity index (χ2n) is 11.4. The minimum atomic E-state index is -0.0438. The number of likely N-dealkylation sites (tertiary alicyclic amines) is 1. The number of amides is 1. The molecule has 2 saturated heterocycles. The number of benzene rings is 3. The zero-order valence-electron chi connectivity index (χ0n) is 23.9. The van der Waals surface area contributed by atoms with Gasteiger partial charge in [-0.15, -0.1) is 0 Å². The average molecular weight is 606 g/mol. The van der Waals surface area contributed by atoms with Gasteiger partial charge in [0.05, 0.1) is 27.3 Å². The first-order valence-corrected chi connectivity index (χ1v) is 15.8. The van der Waals surface area contributed by atoms with Crippen molar-refractivity contribution in [2.45, 2.75) is 25.7 Å². The fraction of sp³-hybridized carbons (Fsp3) is 0.394. The number of nitrogens with zero attached hydrogens (tertiary/aromatic N) is 4. The van der Waals surface area contributed by atoms with E-state index in [1.165, 1.54) is 37.2 Å². The van der Waals surface area contributed by atoms with Gasteiger partial charge < -0.3 is 15.1 Å². The van der Waals surface area contributed by atoms with Gasteiger partial charge in [-0.05, 0) is 86.8 Å². The molecule has 2 N–H and O–H groups in total. The Morgan fingerprint density at radius 1 is 0.881 bits per heavy atom. The van der Waals surface area contributed by atoms with Gasteiger partial charge in [-0.2, -0.15) is 5.10 Å². The number of piperazine rings is 1. The first-order chi connectivity index (χ1) is 20.5. The lowest BCUT2D eigenvalue weighted by Gasteiger charge is -2.37. The van der Waals surface area contributed by atoms with E-state index in [4.69, 9.17) is 23.2 Å². The Morgan fingerprint density at radius 3 is 2.48 bits per heavy atom. The number of anilines is 1. The van der Waals surface area contributed by atoms with Crippen LogP contribution in [0.4, 0.5) is 5.69 Å². The molecule has 0 radical (unpaired) electrons. The van der Waals surface area contributed by atoms with Crippen LogP contribution < -0.4 is 10.2 Å². The molecule has 220 valence electrons. The fourth-order valence-electron chi connectivity index (χ4n) is 6.19. The van der Waals surface area contributed by atoms with E-state index in [0.717, 1.165) is 74.1 Å². The maximum atomic E-state index is 13.4. The van der Waals surface area contributed by atoms with Gasteiger partial charge in [-0.3, -0.25) is 14.8 Å². The van der Waals surface area contributed by atoms with E-state index in [-0.39, 0.29) is 5.91 Å². The van der Waals surface area contributed by atoms with Gasteiger partial charge in [-0.1, -0.05) is 47.5 Å². The summed E-state index contributed by atoms with van der Waals surface area (Å²) < 4.78 is 0. The Labute approximate surface area is 257 Å². The SMILES string of the molecule is O=C(NCCCN1CCCC1)c1cc(-c2ccccc2N2CCN(CCc3ccc(Cl)c(Cl)c3)CC2)cc2[nH]ncc12. The van der Waals surface area contributed by atoms with Crippen LogP contribution >= 0.6 is 23.2 Å². The molecule has 2 aliphatic rings. The van der Waals surface area contributed by atoms with Crippen molar-refractivity contribution in [1.82, 2.24) is 25.3 Å². The summed E-state index contributed by atoms with van der Waals surface area (Å²) in [5.74, 6) is -0.0438. The van der Waals surface area contributed by atoms with Crippen molar-refractivity contribution in [3.8, 4) is 11.1 Å². The van der Waals surface area contributed by atoms with Crippen LogP contribution in [0.15, 0.2) is 60.8 Å². The summed E-state index contributed by atoms with van der Waals surface area (Å²) in [7, 11) is 0. The fourth-order valence-corrected chi connectivity index (χ4v) is 6.51. The molecule has 4 aromatic rings. The molecule has 2 fully saturated rings. The topological polar surface area (TPSA) is 67.5 Å². The molecule has 6 rings (SSSR count). The van der Waals surface area contributed by atoms with Crippen LogP contribution in [0.1, 0.15) is 35.2 Å². The van der Waals surface area contributed by atoms with Gasteiger partial charge in [0.2, 0.25) is 0 Å². The van der Waals surface area contributed by atoms with Crippen molar-refractivity contribution in [1.29, 1.82) is 0 Å². The van der Waals surface area contributed by atoms with Crippen LogP contribution in [-0.2, 0) is 6.42 Å². The quantitative estimate of drug-likeness (QED) is 0.214. The van der Waals surface area contributed by atoms with Gasteiger partial charge in [0.15, 0.2) is 0 Å². The smallest absolute Gasteiger partial charge is 0.252 e. The summed E-state index contributed by atoms with van der Waals surface area (Å²) in [4.78, 5) is 20.8. The Hall–Kier alpha value is -3.10. The molecule has 7 nitrogen and oxygen atoms in total. The van der Waals surface area contributed by atoms with Gasteiger partial charge in [-0.25, -0.2) is 0 Å². The summed E-state index contributed by atoms with van der Waals surface area (Å²) in [6, 6.07) is 18.5. The van der Waals surface area contributed by atoms with Crippen molar-refractivity contribution in [3.63, 3.8) is 0 Å². The number of hydrogen-bond donors (Lipinski definition) is 2. The van der Waals surface area contributed by atoms with Gasteiger partial charge in [0.1, 0.15) is 0 Å². The molecule has 0 unspecified atom stereocenters. The lowest BCUT2D eigenvalue weighted by molar-refractivity contribution is 0.0953. The number of aromatic nitrogens is 2. The third kappa shape index (κ3) is 6.76. The van der Waals surface area contributed by atoms with E-state index in [9.17, 15) is 4.79 Å². The monoisotopic (exact) mass is 604 g/mol. The van der Waals surface area contributed by atoms with Crippen LogP contribution in [0.3, 0.4) is 0 Å². The zero-order chi connectivity index (χ0) is 28.9. The van der Waals surface area contributed by atoms with Crippen LogP contribution in [0, 0.1) is 0 Å².